The topological polar surface area (TPSA) is 266 Å². The number of aromatic hydroxyl groups is 1. The lowest BCUT2D eigenvalue weighted by molar-refractivity contribution is -0.165. The molecular weight excluding hydrogens is 1170 g/mol. The number of phenolic OH excluding ortho intramolecular Hbond substituents is 1. The molecule has 1 saturated heterocycles. The number of hydrogen-bond donors (Lipinski definition) is 3. The number of Topliss-reactive ketones (excluding diaryl/α,β-unsaturated/α-hetero) is 1. The van der Waals surface area contributed by atoms with Gasteiger partial charge in [0.05, 0.1) is 38.4 Å². The van der Waals surface area contributed by atoms with Gasteiger partial charge in [-0.25, -0.2) is 9.59 Å². The molecule has 6 rings (SSSR count). The van der Waals surface area contributed by atoms with E-state index in [1.165, 1.54) is 67.8 Å². The van der Waals surface area contributed by atoms with E-state index in [0.717, 1.165) is 10.8 Å². The number of nitrogens with zero attached hydrogens (tertiary/aromatic N) is 4. The van der Waals surface area contributed by atoms with Crippen molar-refractivity contribution < 1.29 is 76.7 Å². The van der Waals surface area contributed by atoms with Gasteiger partial charge in [-0.15, -0.1) is 0 Å². The normalized spacial score (nSPS) is 21.5. The summed E-state index contributed by atoms with van der Waals surface area (Å²) in [4.78, 5) is 133. The van der Waals surface area contributed by atoms with E-state index in [-0.39, 0.29) is 62.5 Å². The molecule has 2 heterocycles. The van der Waals surface area contributed by atoms with Gasteiger partial charge in [0.15, 0.2) is 18.1 Å². The van der Waals surface area contributed by atoms with Crippen molar-refractivity contribution in [3.8, 4) is 23.0 Å². The molecule has 0 aliphatic carbocycles. The van der Waals surface area contributed by atoms with Crippen LogP contribution in [0.25, 0.3) is 10.8 Å². The van der Waals surface area contributed by atoms with Crippen LogP contribution in [0.3, 0.4) is 0 Å². The van der Waals surface area contributed by atoms with E-state index in [4.69, 9.17) is 28.4 Å². The maximum Gasteiger partial charge on any atom is 0.330 e. The molecule has 2 aliphatic heterocycles. The largest absolute Gasteiger partial charge is 0.504 e. The summed E-state index contributed by atoms with van der Waals surface area (Å²) in [6.07, 6.45) is 6.18. The second kappa shape index (κ2) is 33.5. The van der Waals surface area contributed by atoms with Gasteiger partial charge in [0.25, 0.3) is 11.8 Å². The van der Waals surface area contributed by atoms with Gasteiger partial charge >= 0.3 is 11.9 Å². The molecule has 91 heavy (non-hydrogen) atoms. The van der Waals surface area contributed by atoms with Gasteiger partial charge in [0.2, 0.25) is 35.2 Å². The summed E-state index contributed by atoms with van der Waals surface area (Å²) in [5.74, 6) is -5.84. The lowest BCUT2D eigenvalue weighted by Crippen LogP contribution is -2.59. The minimum Gasteiger partial charge on any atom is -0.504 e. The first-order chi connectivity index (χ1) is 43.3. The highest BCUT2D eigenvalue weighted by Crippen LogP contribution is 2.40. The Kier molecular flexibility index (Phi) is 26.3. The molecule has 4 aromatic carbocycles. The number of ketones is 1. The summed E-state index contributed by atoms with van der Waals surface area (Å²) in [5, 5.41) is 18.8. The van der Waals surface area contributed by atoms with Crippen molar-refractivity contribution in [2.75, 3.05) is 74.8 Å². The number of aryl methyl sites for hydroxylation is 1. The number of ether oxygens (including phenoxy) is 6. The van der Waals surface area contributed by atoms with E-state index in [1.807, 2.05) is 49.4 Å². The average molecular weight is 1260 g/mol. The van der Waals surface area contributed by atoms with Crippen LogP contribution in [0.5, 0.6) is 23.0 Å². The van der Waals surface area contributed by atoms with Crippen LogP contribution >= 0.6 is 0 Å². The predicted molar refractivity (Wildman–Crippen MR) is 341 cm³/mol. The van der Waals surface area contributed by atoms with Gasteiger partial charge < -0.3 is 63.8 Å². The van der Waals surface area contributed by atoms with Crippen LogP contribution in [0.4, 0.5) is 0 Å². The lowest BCUT2D eigenvalue weighted by atomic mass is 9.87. The number of nitrogens with one attached hydrogen (secondary N) is 2. The highest BCUT2D eigenvalue weighted by molar-refractivity contribution is 6.38. The molecule has 0 spiro atoms. The van der Waals surface area contributed by atoms with Gasteiger partial charge in [0.1, 0.15) is 42.6 Å². The SMILES string of the molecule is CCCC[C@H]1C(=O)N[C@@H](Cc2ccc3ccccc3c2)C(=O)N(C)[C@@H](COC(C)(C)C)C(=O)NCC(=O)N(C)CCCCC=CC(=O)OCC(C)(C)C(=O)C(=O)N2CCCC[C@H]2C(=O)O[C@H](CCc2ccc(OC)c(OC)c2O)c2cccc(c2)OCC(=O)N1C. The number of fused-ring (bicyclic) bond motifs is 4. The van der Waals surface area contributed by atoms with E-state index in [2.05, 4.69) is 10.6 Å². The van der Waals surface area contributed by atoms with Crippen LogP contribution in [0.2, 0.25) is 0 Å². The summed E-state index contributed by atoms with van der Waals surface area (Å²) >= 11 is 0. The Balaban J connectivity index is 1.34. The Morgan fingerprint density at radius 1 is 0.758 bits per heavy atom. The van der Waals surface area contributed by atoms with E-state index in [9.17, 15) is 43.5 Å². The standard InChI is InChI=1S/C69H92N6O16/c1-12-13-27-52-64(82)71-51(39-45-30-31-46-23-17-18-24-48(46)38-45)65(83)74(9)54(42-90-68(2,3)4)63(81)70-41-57(76)72(7)36-20-15-14-16-29-59(78)89-44-69(5,6)62(80)66(84)75-37-21-19-28-53(75)67(85)91-55(34-32-47-33-35-56(86-10)61(87-11)60(47)79)49-25-22-26-50(40-49)88-43-58(77)73(52)8/h16-18,22-26,29-31,33,35,38,40,51-55,79H,12-15,19-21,27-28,32,34,36-37,39,41-44H2,1-11H3,(H,70,81)(H,71,82)/t51-,52-,53-,54-,55+/m0/s1. The molecule has 1 fully saturated rings. The molecule has 0 saturated carbocycles. The number of phenols is 1. The van der Waals surface area contributed by atoms with Crippen LogP contribution in [0.1, 0.15) is 129 Å². The highest BCUT2D eigenvalue weighted by Gasteiger charge is 2.43. The molecule has 6 amide bonds. The van der Waals surface area contributed by atoms with Crippen molar-refractivity contribution >= 4 is 63.9 Å². The summed E-state index contributed by atoms with van der Waals surface area (Å²) in [5.41, 5.74) is -0.663. The second-order valence-corrected chi connectivity index (χ2v) is 24.9. The summed E-state index contributed by atoms with van der Waals surface area (Å²) < 4.78 is 34.9. The molecule has 3 N–H and O–H groups in total. The maximum atomic E-state index is 15.1. The van der Waals surface area contributed by atoms with Crippen molar-refractivity contribution in [3.05, 3.63) is 108 Å². The van der Waals surface area contributed by atoms with E-state index in [1.54, 1.807) is 70.3 Å². The third-order valence-corrected chi connectivity index (χ3v) is 16.4. The number of methoxy groups -OCH3 is 2. The number of amides is 6. The molecular formula is C69H92N6O16. The van der Waals surface area contributed by atoms with Crippen LogP contribution in [-0.4, -0.2) is 182 Å². The molecule has 5 atom stereocenters. The smallest absolute Gasteiger partial charge is 0.330 e. The van der Waals surface area contributed by atoms with Crippen LogP contribution in [-0.2, 0) is 70.2 Å². The second-order valence-electron chi connectivity index (χ2n) is 24.9. The number of rotatable bonds is 12. The zero-order chi connectivity index (χ0) is 66.6. The number of likely N-dealkylation sites (N-methyl/N-ethyl adjacent to an activating group) is 3. The minimum atomic E-state index is -1.49. The molecule has 0 radical (unpaired) electrons. The van der Waals surface area contributed by atoms with Crippen LogP contribution < -0.4 is 24.8 Å². The van der Waals surface area contributed by atoms with Crippen molar-refractivity contribution in [2.45, 2.75) is 154 Å². The Labute approximate surface area is 534 Å². The summed E-state index contributed by atoms with van der Waals surface area (Å²) in [7, 11) is 7.35. The number of carbonyl (C=O) groups is 9. The quantitative estimate of drug-likeness (QED) is 0.0922. The first-order valence-corrected chi connectivity index (χ1v) is 31.3. The number of unbranched alkanes of at least 4 members (excludes halogenated alkanes) is 1. The van der Waals surface area contributed by atoms with Crippen molar-refractivity contribution in [1.29, 1.82) is 0 Å². The number of allylic oxidation sites excluding steroid dienone is 1. The minimum absolute atomic E-state index is 0.00417. The number of hydrogen-bond acceptors (Lipinski definition) is 16. The summed E-state index contributed by atoms with van der Waals surface area (Å²) in [6, 6.07) is 18.4. The van der Waals surface area contributed by atoms with Gasteiger partial charge in [-0.3, -0.25) is 33.6 Å². The van der Waals surface area contributed by atoms with Crippen molar-refractivity contribution in [3.63, 3.8) is 0 Å². The fourth-order valence-corrected chi connectivity index (χ4v) is 10.8. The molecule has 2 bridgehead atoms. The third kappa shape index (κ3) is 20.2. The third-order valence-electron chi connectivity index (χ3n) is 16.4. The average Bonchev–Trinajstić information content (AvgIpc) is 1.15. The number of cyclic esters (lactones) is 2. The van der Waals surface area contributed by atoms with Gasteiger partial charge in [0, 0.05) is 46.7 Å². The molecule has 494 valence electrons. The van der Waals surface area contributed by atoms with Crippen LogP contribution in [0, 0.1) is 5.41 Å². The molecule has 2 aliphatic rings. The number of carbonyl (C=O) groups excluding carboxylic acids is 9. The van der Waals surface area contributed by atoms with E-state index in [0.29, 0.717) is 73.9 Å². The van der Waals surface area contributed by atoms with Gasteiger partial charge in [-0.05, 0) is 138 Å². The Morgan fingerprint density at radius 2 is 1.49 bits per heavy atom. The number of esters is 2. The van der Waals surface area contributed by atoms with Crippen molar-refractivity contribution in [2.24, 2.45) is 5.41 Å². The maximum absolute atomic E-state index is 15.1. The van der Waals surface area contributed by atoms with Crippen molar-refractivity contribution in [1.82, 2.24) is 30.2 Å². The molecule has 0 unspecified atom stereocenters. The molecule has 22 nitrogen and oxygen atoms in total. The first-order valence-electron chi connectivity index (χ1n) is 31.3. The Morgan fingerprint density at radius 3 is 2.21 bits per heavy atom. The zero-order valence-electron chi connectivity index (χ0n) is 54.6. The van der Waals surface area contributed by atoms with Crippen LogP contribution in [0.15, 0.2) is 91.0 Å². The molecule has 22 heteroatoms. The van der Waals surface area contributed by atoms with Gasteiger partial charge in [-0.2, -0.15) is 0 Å². The fourth-order valence-electron chi connectivity index (χ4n) is 10.8. The van der Waals surface area contributed by atoms with Gasteiger partial charge in [-0.1, -0.05) is 86.5 Å². The Bertz CT molecular complexity index is 3250. The molecule has 4 aromatic rings. The highest BCUT2D eigenvalue weighted by atomic mass is 16.5. The van der Waals surface area contributed by atoms with E-state index < -0.39 is 114 Å². The summed E-state index contributed by atoms with van der Waals surface area (Å²) in [6.45, 7) is 9.05. The number of benzene rings is 4. The monoisotopic (exact) mass is 1260 g/mol. The zero-order valence-corrected chi connectivity index (χ0v) is 54.6. The Hall–Kier alpha value is -8.53. The molecule has 0 aromatic heterocycles. The first kappa shape index (κ1) is 71.5. The fraction of sp³-hybridized carbons (Fsp3) is 0.522. The van der Waals surface area contributed by atoms with E-state index >= 15 is 4.79 Å². The lowest BCUT2D eigenvalue weighted by Gasteiger charge is -2.36. The number of piperidine rings is 1. The predicted octanol–water partition coefficient (Wildman–Crippen LogP) is 7.38.